The van der Waals surface area contributed by atoms with E-state index in [0.29, 0.717) is 11.4 Å². The molecule has 1 fully saturated rings. The van der Waals surface area contributed by atoms with Crippen LogP contribution in [0.5, 0.6) is 0 Å². The number of nitrogen functional groups attached to an aromatic ring is 1. The first kappa shape index (κ1) is 15.6. The molecule has 0 amide bonds. The molecule has 0 heterocycles. The molecule has 0 atom stereocenters. The number of anilines is 2. The third-order valence-corrected chi connectivity index (χ3v) is 5.65. The fourth-order valence-corrected chi connectivity index (χ4v) is 4.99. The van der Waals surface area contributed by atoms with E-state index in [4.69, 9.17) is 5.73 Å². The molecule has 0 unspecified atom stereocenters. The summed E-state index contributed by atoms with van der Waals surface area (Å²) in [7, 11) is -3.34. The van der Waals surface area contributed by atoms with Crippen molar-refractivity contribution < 1.29 is 8.42 Å². The minimum absolute atomic E-state index is 0.196. The average molecular weight is 361 g/mol. The topological polar surface area (TPSA) is 72.2 Å². The molecule has 112 valence electrons. The molecule has 1 aromatic carbocycles. The van der Waals surface area contributed by atoms with E-state index in [-0.39, 0.29) is 11.7 Å². The number of nitrogens with two attached hydrogens (primary N) is 1. The van der Waals surface area contributed by atoms with Gasteiger partial charge in [-0.25, -0.2) is 8.42 Å². The summed E-state index contributed by atoms with van der Waals surface area (Å²) in [5.74, 6) is 0.473. The lowest BCUT2D eigenvalue weighted by atomic mass is 9.91. The molecule has 1 saturated carbocycles. The van der Waals surface area contributed by atoms with Crippen LogP contribution in [-0.2, 0) is 10.0 Å². The van der Waals surface area contributed by atoms with E-state index in [1.165, 1.54) is 6.42 Å². The summed E-state index contributed by atoms with van der Waals surface area (Å²) in [6.07, 6.45) is 5.52. The Bertz CT molecular complexity index is 558. The molecule has 0 aromatic heterocycles. The molecule has 1 aliphatic rings. The second kappa shape index (κ2) is 6.35. The van der Waals surface area contributed by atoms with Gasteiger partial charge in [-0.05, 0) is 43.4 Å². The Labute approximate surface area is 129 Å². The van der Waals surface area contributed by atoms with Gasteiger partial charge in [-0.2, -0.15) is 0 Å². The van der Waals surface area contributed by atoms with Gasteiger partial charge in [0.2, 0.25) is 10.0 Å². The Balaban J connectivity index is 2.11. The zero-order valence-electron chi connectivity index (χ0n) is 11.7. The zero-order valence-corrected chi connectivity index (χ0v) is 14.1. The van der Waals surface area contributed by atoms with Gasteiger partial charge in [-0.1, -0.05) is 35.2 Å². The van der Waals surface area contributed by atoms with Crippen LogP contribution in [0.25, 0.3) is 0 Å². The van der Waals surface area contributed by atoms with Gasteiger partial charge in [0, 0.05) is 4.47 Å². The molecule has 20 heavy (non-hydrogen) atoms. The van der Waals surface area contributed by atoms with Crippen LogP contribution < -0.4 is 10.5 Å². The number of halogens is 1. The lowest BCUT2D eigenvalue weighted by Gasteiger charge is -2.22. The number of rotatable bonds is 4. The Kier molecular flexibility index (Phi) is 4.96. The molecular weight excluding hydrogens is 340 g/mol. The van der Waals surface area contributed by atoms with Crippen LogP contribution in [0.15, 0.2) is 16.6 Å². The standard InChI is InChI=1S/C14H21BrN2O2S/c1-10-7-12(15)8-13(16)14(10)17-20(18,19)9-11-5-3-2-4-6-11/h7-8,11,17H,2-6,9,16H2,1H3. The molecule has 1 aliphatic carbocycles. The highest BCUT2D eigenvalue weighted by atomic mass is 79.9. The van der Waals surface area contributed by atoms with Crippen LogP contribution in [0.2, 0.25) is 0 Å². The van der Waals surface area contributed by atoms with E-state index in [1.54, 1.807) is 6.07 Å². The van der Waals surface area contributed by atoms with Crippen LogP contribution in [0.1, 0.15) is 37.7 Å². The van der Waals surface area contributed by atoms with Crippen molar-refractivity contribution in [3.8, 4) is 0 Å². The molecule has 0 saturated heterocycles. The van der Waals surface area contributed by atoms with E-state index in [2.05, 4.69) is 20.7 Å². The molecular formula is C14H21BrN2O2S. The van der Waals surface area contributed by atoms with E-state index in [0.717, 1.165) is 35.7 Å². The third kappa shape index (κ3) is 4.12. The van der Waals surface area contributed by atoms with Gasteiger partial charge in [-0.15, -0.1) is 0 Å². The van der Waals surface area contributed by atoms with Gasteiger partial charge in [0.15, 0.2) is 0 Å². The Morgan fingerprint density at radius 3 is 2.55 bits per heavy atom. The number of hydrogen-bond acceptors (Lipinski definition) is 3. The quantitative estimate of drug-likeness (QED) is 0.804. The lowest BCUT2D eigenvalue weighted by molar-refractivity contribution is 0.385. The second-order valence-electron chi connectivity index (χ2n) is 5.57. The molecule has 0 radical (unpaired) electrons. The molecule has 2 rings (SSSR count). The van der Waals surface area contributed by atoms with Gasteiger partial charge in [0.05, 0.1) is 17.1 Å². The first-order chi connectivity index (χ1) is 9.37. The summed E-state index contributed by atoms with van der Waals surface area (Å²) in [6, 6.07) is 3.57. The van der Waals surface area contributed by atoms with Crippen molar-refractivity contribution in [3.63, 3.8) is 0 Å². The van der Waals surface area contributed by atoms with Crippen molar-refractivity contribution in [1.29, 1.82) is 0 Å². The fraction of sp³-hybridized carbons (Fsp3) is 0.571. The van der Waals surface area contributed by atoms with Crippen molar-refractivity contribution in [2.75, 3.05) is 16.2 Å². The monoisotopic (exact) mass is 360 g/mol. The largest absolute Gasteiger partial charge is 0.397 e. The number of benzene rings is 1. The van der Waals surface area contributed by atoms with E-state index in [9.17, 15) is 8.42 Å². The van der Waals surface area contributed by atoms with Crippen molar-refractivity contribution in [1.82, 2.24) is 0 Å². The molecule has 6 heteroatoms. The molecule has 0 spiro atoms. The van der Waals surface area contributed by atoms with Gasteiger partial charge >= 0.3 is 0 Å². The summed E-state index contributed by atoms with van der Waals surface area (Å²) in [4.78, 5) is 0. The first-order valence-corrected chi connectivity index (χ1v) is 9.38. The SMILES string of the molecule is Cc1cc(Br)cc(N)c1NS(=O)(=O)CC1CCCCC1. The summed E-state index contributed by atoms with van der Waals surface area (Å²) >= 11 is 3.35. The van der Waals surface area contributed by atoms with E-state index >= 15 is 0 Å². The lowest BCUT2D eigenvalue weighted by Crippen LogP contribution is -2.25. The first-order valence-electron chi connectivity index (χ1n) is 6.93. The van der Waals surface area contributed by atoms with Crippen LogP contribution in [0.4, 0.5) is 11.4 Å². The maximum absolute atomic E-state index is 12.3. The van der Waals surface area contributed by atoms with Crippen LogP contribution in [0, 0.1) is 12.8 Å². The molecule has 4 nitrogen and oxygen atoms in total. The number of hydrogen-bond donors (Lipinski definition) is 2. The van der Waals surface area contributed by atoms with Gasteiger partial charge in [-0.3, -0.25) is 4.72 Å². The predicted molar refractivity (Wildman–Crippen MR) is 87.3 cm³/mol. The highest BCUT2D eigenvalue weighted by molar-refractivity contribution is 9.10. The summed E-state index contributed by atoms with van der Waals surface area (Å²) in [5.41, 5.74) is 7.68. The smallest absolute Gasteiger partial charge is 0.233 e. The minimum atomic E-state index is -3.34. The summed E-state index contributed by atoms with van der Waals surface area (Å²) < 4.78 is 28.1. The fourth-order valence-electron chi connectivity index (χ4n) is 2.77. The Morgan fingerprint density at radius 1 is 1.30 bits per heavy atom. The van der Waals surface area contributed by atoms with E-state index in [1.807, 2.05) is 13.0 Å². The van der Waals surface area contributed by atoms with Crippen molar-refractivity contribution in [3.05, 3.63) is 22.2 Å². The van der Waals surface area contributed by atoms with E-state index < -0.39 is 10.0 Å². The van der Waals surface area contributed by atoms with Crippen molar-refractivity contribution in [2.24, 2.45) is 5.92 Å². The zero-order chi connectivity index (χ0) is 14.8. The Morgan fingerprint density at radius 2 is 1.95 bits per heavy atom. The molecule has 0 bridgehead atoms. The number of nitrogens with one attached hydrogen (secondary N) is 1. The van der Waals surface area contributed by atoms with Crippen molar-refractivity contribution >= 4 is 37.3 Å². The highest BCUT2D eigenvalue weighted by Crippen LogP contribution is 2.30. The van der Waals surface area contributed by atoms with Crippen LogP contribution in [-0.4, -0.2) is 14.2 Å². The molecule has 1 aromatic rings. The van der Waals surface area contributed by atoms with Gasteiger partial charge < -0.3 is 5.73 Å². The van der Waals surface area contributed by atoms with Gasteiger partial charge in [0.25, 0.3) is 0 Å². The summed E-state index contributed by atoms with van der Waals surface area (Å²) in [5, 5.41) is 0. The van der Waals surface area contributed by atoms with Crippen LogP contribution in [0.3, 0.4) is 0 Å². The Hall–Kier alpha value is -0.750. The third-order valence-electron chi connectivity index (χ3n) is 3.77. The van der Waals surface area contributed by atoms with Gasteiger partial charge in [0.1, 0.15) is 0 Å². The minimum Gasteiger partial charge on any atom is -0.397 e. The average Bonchev–Trinajstić information content (AvgIpc) is 2.34. The molecule has 0 aliphatic heterocycles. The number of aryl methyl sites for hydroxylation is 1. The maximum atomic E-state index is 12.3. The highest BCUT2D eigenvalue weighted by Gasteiger charge is 2.22. The predicted octanol–water partition coefficient (Wildman–Crippen LogP) is 3.66. The second-order valence-corrected chi connectivity index (χ2v) is 8.26. The summed E-state index contributed by atoms with van der Waals surface area (Å²) in [6.45, 7) is 1.85. The van der Waals surface area contributed by atoms with Crippen LogP contribution >= 0.6 is 15.9 Å². The normalized spacial score (nSPS) is 17.1. The number of sulfonamides is 1. The maximum Gasteiger partial charge on any atom is 0.233 e. The molecule has 3 N–H and O–H groups in total. The van der Waals surface area contributed by atoms with Crippen molar-refractivity contribution in [2.45, 2.75) is 39.0 Å².